The quantitative estimate of drug-likeness (QED) is 0.313. The van der Waals surface area contributed by atoms with Gasteiger partial charge in [-0.05, 0) is 43.4 Å². The monoisotopic (exact) mass is 500 g/mol. The molecule has 0 atom stereocenters. The van der Waals surface area contributed by atoms with Crippen LogP contribution in [0.15, 0.2) is 39.8 Å². The van der Waals surface area contributed by atoms with E-state index in [9.17, 15) is 4.39 Å². The predicted octanol–water partition coefficient (Wildman–Crippen LogP) is 4.73. The van der Waals surface area contributed by atoms with E-state index in [4.69, 9.17) is 4.52 Å². The molecule has 1 aliphatic rings. The van der Waals surface area contributed by atoms with Crippen molar-refractivity contribution < 1.29 is 8.91 Å². The van der Waals surface area contributed by atoms with Crippen LogP contribution in [0, 0.1) is 5.82 Å². The van der Waals surface area contributed by atoms with E-state index < -0.39 is 0 Å². The van der Waals surface area contributed by atoms with E-state index in [0.29, 0.717) is 18.4 Å². The second-order valence-electron chi connectivity index (χ2n) is 7.30. The number of aromatic nitrogens is 1. The summed E-state index contributed by atoms with van der Waals surface area (Å²) in [7, 11) is 1.74. The van der Waals surface area contributed by atoms with Crippen LogP contribution in [0.1, 0.15) is 62.5 Å². The molecule has 3 rings (SSSR count). The highest BCUT2D eigenvalue weighted by Gasteiger charge is 2.44. The zero-order chi connectivity index (χ0) is 19.3. The lowest BCUT2D eigenvalue weighted by Crippen LogP contribution is -2.40. The molecule has 0 unspecified atom stereocenters. The summed E-state index contributed by atoms with van der Waals surface area (Å²) in [6.45, 7) is 5.59. The highest BCUT2D eigenvalue weighted by molar-refractivity contribution is 14.0. The van der Waals surface area contributed by atoms with Gasteiger partial charge in [0.15, 0.2) is 11.7 Å². The first-order valence-electron chi connectivity index (χ1n) is 9.76. The van der Waals surface area contributed by atoms with Crippen LogP contribution in [0.4, 0.5) is 4.39 Å². The maximum absolute atomic E-state index is 13.5. The zero-order valence-corrected chi connectivity index (χ0v) is 19.1. The van der Waals surface area contributed by atoms with Gasteiger partial charge in [0, 0.05) is 31.0 Å². The lowest BCUT2D eigenvalue weighted by molar-refractivity contribution is 0.368. The van der Waals surface area contributed by atoms with Crippen LogP contribution in [-0.4, -0.2) is 24.7 Å². The fourth-order valence-electron chi connectivity index (χ4n) is 3.49. The van der Waals surface area contributed by atoms with Gasteiger partial charge in [0.25, 0.3) is 0 Å². The molecule has 1 saturated carbocycles. The van der Waals surface area contributed by atoms with Crippen molar-refractivity contribution in [3.63, 3.8) is 0 Å². The van der Waals surface area contributed by atoms with Crippen molar-refractivity contribution >= 4 is 29.9 Å². The molecule has 7 heteroatoms. The molecule has 1 aliphatic carbocycles. The van der Waals surface area contributed by atoms with Gasteiger partial charge in [-0.3, -0.25) is 4.99 Å². The van der Waals surface area contributed by atoms with Gasteiger partial charge in [0.05, 0.1) is 12.2 Å². The van der Waals surface area contributed by atoms with E-state index in [1.807, 2.05) is 12.1 Å². The van der Waals surface area contributed by atoms with Crippen LogP contribution < -0.4 is 10.6 Å². The Morgan fingerprint density at radius 2 is 2.00 bits per heavy atom. The van der Waals surface area contributed by atoms with Crippen molar-refractivity contribution in [1.29, 1.82) is 0 Å². The lowest BCUT2D eigenvalue weighted by Gasteiger charge is -2.18. The third-order valence-electron chi connectivity index (χ3n) is 5.52. The Morgan fingerprint density at radius 3 is 2.61 bits per heavy atom. The molecular formula is C21H30FIN4O. The number of benzene rings is 1. The van der Waals surface area contributed by atoms with Gasteiger partial charge >= 0.3 is 0 Å². The SMILES string of the molecule is CCC(CC)c1cc(CNC(=NC)NCC2(c3cccc(F)c3)CC2)on1.I. The van der Waals surface area contributed by atoms with Gasteiger partial charge in [-0.1, -0.05) is 31.1 Å². The molecule has 0 saturated heterocycles. The molecule has 5 nitrogen and oxygen atoms in total. The Hall–Kier alpha value is -1.64. The molecule has 2 aromatic rings. The summed E-state index contributed by atoms with van der Waals surface area (Å²) in [5.74, 6) is 1.77. The Bertz CT molecular complexity index is 784. The second kappa shape index (κ2) is 10.2. The van der Waals surface area contributed by atoms with Crippen molar-refractivity contribution in [2.24, 2.45) is 4.99 Å². The van der Waals surface area contributed by atoms with Gasteiger partial charge in [-0.2, -0.15) is 0 Å². The first-order valence-corrected chi connectivity index (χ1v) is 9.76. The van der Waals surface area contributed by atoms with E-state index in [0.717, 1.165) is 49.2 Å². The minimum absolute atomic E-state index is 0. The van der Waals surface area contributed by atoms with Crippen molar-refractivity contribution in [1.82, 2.24) is 15.8 Å². The van der Waals surface area contributed by atoms with Gasteiger partial charge < -0.3 is 15.2 Å². The Labute approximate surface area is 183 Å². The van der Waals surface area contributed by atoms with Crippen molar-refractivity contribution in [3.8, 4) is 0 Å². The molecule has 1 aromatic carbocycles. The van der Waals surface area contributed by atoms with Crippen LogP contribution >= 0.6 is 24.0 Å². The minimum atomic E-state index is -0.181. The van der Waals surface area contributed by atoms with E-state index in [1.165, 1.54) is 6.07 Å². The maximum atomic E-state index is 13.5. The number of nitrogens with one attached hydrogen (secondary N) is 2. The number of hydrogen-bond acceptors (Lipinski definition) is 3. The fraction of sp³-hybridized carbons (Fsp3) is 0.524. The minimum Gasteiger partial charge on any atom is -0.359 e. The summed E-state index contributed by atoms with van der Waals surface area (Å²) in [5, 5.41) is 10.8. The van der Waals surface area contributed by atoms with Crippen LogP contribution in [0.25, 0.3) is 0 Å². The van der Waals surface area contributed by atoms with Gasteiger partial charge in [0.2, 0.25) is 0 Å². The number of aliphatic imine (C=N–C) groups is 1. The van der Waals surface area contributed by atoms with Crippen LogP contribution in [0.3, 0.4) is 0 Å². The molecule has 1 aromatic heterocycles. The highest BCUT2D eigenvalue weighted by atomic mass is 127. The third-order valence-corrected chi connectivity index (χ3v) is 5.52. The van der Waals surface area contributed by atoms with E-state index in [2.05, 4.69) is 34.6 Å². The molecule has 0 aliphatic heterocycles. The molecule has 28 heavy (non-hydrogen) atoms. The van der Waals surface area contributed by atoms with Crippen LogP contribution in [0.5, 0.6) is 0 Å². The van der Waals surface area contributed by atoms with Crippen molar-refractivity contribution in [2.45, 2.75) is 57.4 Å². The smallest absolute Gasteiger partial charge is 0.191 e. The molecule has 1 heterocycles. The number of hydrogen-bond donors (Lipinski definition) is 2. The molecule has 154 valence electrons. The van der Waals surface area contributed by atoms with Gasteiger partial charge in [0.1, 0.15) is 5.82 Å². The Balaban J connectivity index is 0.00000280. The molecule has 1 fully saturated rings. The maximum Gasteiger partial charge on any atom is 0.191 e. The Kier molecular flexibility index (Phi) is 8.27. The predicted molar refractivity (Wildman–Crippen MR) is 121 cm³/mol. The molecule has 0 amide bonds. The average Bonchev–Trinajstić information content (AvgIpc) is 3.34. The van der Waals surface area contributed by atoms with Crippen LogP contribution in [-0.2, 0) is 12.0 Å². The largest absolute Gasteiger partial charge is 0.359 e. The van der Waals surface area contributed by atoms with E-state index in [-0.39, 0.29) is 35.2 Å². The summed E-state index contributed by atoms with van der Waals surface area (Å²) in [5.41, 5.74) is 2.08. The zero-order valence-electron chi connectivity index (χ0n) is 16.8. The first-order chi connectivity index (χ1) is 13.1. The number of nitrogens with zero attached hydrogens (tertiary/aromatic N) is 2. The second-order valence-corrected chi connectivity index (χ2v) is 7.30. The van der Waals surface area contributed by atoms with Crippen molar-refractivity contribution in [2.75, 3.05) is 13.6 Å². The standard InChI is InChI=1S/C21H29FN4O.HI/c1-4-15(5-2)19-12-18(27-26-19)13-24-20(23-3)25-14-21(9-10-21)16-7-6-8-17(22)11-16;/h6-8,11-12,15H,4-5,9-10,13-14H2,1-3H3,(H2,23,24,25);1H. The summed E-state index contributed by atoms with van der Waals surface area (Å²) in [6, 6.07) is 8.92. The van der Waals surface area contributed by atoms with Crippen LogP contribution in [0.2, 0.25) is 0 Å². The number of guanidine groups is 1. The summed E-state index contributed by atoms with van der Waals surface area (Å²) >= 11 is 0. The molecule has 2 N–H and O–H groups in total. The number of rotatable bonds is 8. The van der Waals surface area contributed by atoms with Crippen molar-refractivity contribution in [3.05, 3.63) is 53.2 Å². The third kappa shape index (κ3) is 5.46. The molecule has 0 bridgehead atoms. The molecule has 0 spiro atoms. The van der Waals surface area contributed by atoms with E-state index >= 15 is 0 Å². The topological polar surface area (TPSA) is 62.5 Å². The first kappa shape index (κ1) is 22.6. The number of halogens is 2. The molecule has 0 radical (unpaired) electrons. The normalized spacial score (nSPS) is 15.2. The van der Waals surface area contributed by atoms with E-state index in [1.54, 1.807) is 19.2 Å². The fourth-order valence-corrected chi connectivity index (χ4v) is 3.49. The highest BCUT2D eigenvalue weighted by Crippen LogP contribution is 2.47. The molecular weight excluding hydrogens is 470 g/mol. The summed E-state index contributed by atoms with van der Waals surface area (Å²) < 4.78 is 19.0. The average molecular weight is 500 g/mol. The Morgan fingerprint density at radius 1 is 1.25 bits per heavy atom. The summed E-state index contributed by atoms with van der Waals surface area (Å²) in [6.07, 6.45) is 4.23. The lowest BCUT2D eigenvalue weighted by atomic mass is 9.96. The summed E-state index contributed by atoms with van der Waals surface area (Å²) in [4.78, 5) is 4.28. The van der Waals surface area contributed by atoms with Gasteiger partial charge in [-0.25, -0.2) is 4.39 Å². The van der Waals surface area contributed by atoms with Gasteiger partial charge in [-0.15, -0.1) is 24.0 Å².